The zero-order chi connectivity index (χ0) is 9.14. The first-order valence-electron chi connectivity index (χ1n) is 3.79. The molecule has 0 bridgehead atoms. The fraction of sp³-hybridized carbons (Fsp3) is 0.625. The van der Waals surface area contributed by atoms with Gasteiger partial charge in [0.2, 0.25) is 5.78 Å². The van der Waals surface area contributed by atoms with Gasteiger partial charge >= 0.3 is 5.97 Å². The first kappa shape index (κ1) is 8.90. The van der Waals surface area contributed by atoms with Gasteiger partial charge in [0.1, 0.15) is 5.78 Å². The highest BCUT2D eigenvalue weighted by molar-refractivity contribution is 6.35. The van der Waals surface area contributed by atoms with Crippen molar-refractivity contribution in [2.75, 3.05) is 7.11 Å². The van der Waals surface area contributed by atoms with Crippen LogP contribution in [0.1, 0.15) is 19.3 Å². The molecule has 1 atom stereocenters. The summed E-state index contributed by atoms with van der Waals surface area (Å²) in [7, 11) is 1.16. The van der Waals surface area contributed by atoms with Gasteiger partial charge < -0.3 is 4.74 Å². The molecule has 12 heavy (non-hydrogen) atoms. The molecule has 0 saturated heterocycles. The zero-order valence-corrected chi connectivity index (χ0v) is 6.83. The summed E-state index contributed by atoms with van der Waals surface area (Å²) in [5.74, 6) is -1.78. The summed E-state index contributed by atoms with van der Waals surface area (Å²) in [5.41, 5.74) is 0. The van der Waals surface area contributed by atoms with Crippen LogP contribution in [-0.2, 0) is 19.1 Å². The molecule has 0 unspecified atom stereocenters. The SMILES string of the molecule is COC(=O)C(=O)[C@H]1CCC(=O)C1. The maximum atomic E-state index is 11.1. The summed E-state index contributed by atoms with van der Waals surface area (Å²) in [6.45, 7) is 0. The monoisotopic (exact) mass is 170 g/mol. The van der Waals surface area contributed by atoms with E-state index >= 15 is 0 Å². The topological polar surface area (TPSA) is 60.4 Å². The van der Waals surface area contributed by atoms with Gasteiger partial charge in [-0.1, -0.05) is 0 Å². The van der Waals surface area contributed by atoms with Crippen LogP contribution in [0.3, 0.4) is 0 Å². The second-order valence-electron chi connectivity index (χ2n) is 2.83. The summed E-state index contributed by atoms with van der Waals surface area (Å²) in [6, 6.07) is 0. The largest absolute Gasteiger partial charge is 0.463 e. The van der Waals surface area contributed by atoms with Gasteiger partial charge in [-0.15, -0.1) is 0 Å². The number of carbonyl (C=O) groups is 3. The van der Waals surface area contributed by atoms with E-state index in [1.165, 1.54) is 0 Å². The Hall–Kier alpha value is -1.19. The minimum absolute atomic E-state index is 0.0530. The second-order valence-corrected chi connectivity index (χ2v) is 2.83. The molecule has 0 aromatic rings. The van der Waals surface area contributed by atoms with Gasteiger partial charge in [0.15, 0.2) is 0 Å². The van der Waals surface area contributed by atoms with Crippen LogP contribution in [0.5, 0.6) is 0 Å². The molecular formula is C8H10O4. The van der Waals surface area contributed by atoms with Crippen molar-refractivity contribution in [1.82, 2.24) is 0 Å². The van der Waals surface area contributed by atoms with Crippen molar-refractivity contribution in [2.45, 2.75) is 19.3 Å². The van der Waals surface area contributed by atoms with Crippen molar-refractivity contribution in [3.8, 4) is 0 Å². The minimum Gasteiger partial charge on any atom is -0.463 e. The third-order valence-corrected chi connectivity index (χ3v) is 2.00. The number of esters is 1. The lowest BCUT2D eigenvalue weighted by Gasteiger charge is -2.02. The average molecular weight is 170 g/mol. The van der Waals surface area contributed by atoms with Crippen molar-refractivity contribution in [2.24, 2.45) is 5.92 Å². The predicted octanol–water partition coefficient (Wildman–Crippen LogP) is 0.0977. The van der Waals surface area contributed by atoms with Crippen LogP contribution in [0.2, 0.25) is 0 Å². The van der Waals surface area contributed by atoms with E-state index in [2.05, 4.69) is 4.74 Å². The zero-order valence-electron chi connectivity index (χ0n) is 6.83. The quantitative estimate of drug-likeness (QED) is 0.435. The van der Waals surface area contributed by atoms with Crippen LogP contribution in [-0.4, -0.2) is 24.6 Å². The van der Waals surface area contributed by atoms with Gasteiger partial charge in [0.25, 0.3) is 0 Å². The molecule has 4 heteroatoms. The number of Topliss-reactive ketones (excluding diaryl/α,β-unsaturated/α-hetero) is 2. The first-order valence-corrected chi connectivity index (χ1v) is 3.79. The third-order valence-electron chi connectivity index (χ3n) is 2.00. The Bertz CT molecular complexity index is 231. The molecule has 1 fully saturated rings. The lowest BCUT2D eigenvalue weighted by atomic mass is 10.0. The van der Waals surface area contributed by atoms with Gasteiger partial charge in [-0.3, -0.25) is 9.59 Å². The standard InChI is InChI=1S/C8H10O4/c1-12-8(11)7(10)5-2-3-6(9)4-5/h5H,2-4H2,1H3/t5-/m0/s1. The van der Waals surface area contributed by atoms with Crippen molar-refractivity contribution in [1.29, 1.82) is 0 Å². The number of methoxy groups -OCH3 is 1. The number of carbonyl (C=O) groups excluding carboxylic acids is 3. The molecular weight excluding hydrogens is 160 g/mol. The molecule has 1 aliphatic rings. The Morgan fingerprint density at radius 2 is 2.17 bits per heavy atom. The Kier molecular flexibility index (Phi) is 2.58. The molecule has 0 aromatic carbocycles. The molecule has 1 saturated carbocycles. The minimum atomic E-state index is -0.838. The van der Waals surface area contributed by atoms with E-state index in [4.69, 9.17) is 0 Å². The Morgan fingerprint density at radius 3 is 2.58 bits per heavy atom. The fourth-order valence-electron chi connectivity index (χ4n) is 1.31. The molecule has 1 aliphatic carbocycles. The van der Waals surface area contributed by atoms with Crippen LogP contribution in [0.15, 0.2) is 0 Å². The van der Waals surface area contributed by atoms with Gasteiger partial charge in [0.05, 0.1) is 7.11 Å². The van der Waals surface area contributed by atoms with Gasteiger partial charge in [-0.25, -0.2) is 4.79 Å². The van der Waals surface area contributed by atoms with Crippen molar-refractivity contribution < 1.29 is 19.1 Å². The summed E-state index contributed by atoms with van der Waals surface area (Å²) < 4.78 is 4.26. The van der Waals surface area contributed by atoms with E-state index in [0.29, 0.717) is 12.8 Å². The molecule has 0 aliphatic heterocycles. The van der Waals surface area contributed by atoms with E-state index in [0.717, 1.165) is 7.11 Å². The van der Waals surface area contributed by atoms with Crippen LogP contribution in [0.4, 0.5) is 0 Å². The number of hydrogen-bond donors (Lipinski definition) is 0. The van der Waals surface area contributed by atoms with Gasteiger partial charge in [-0.2, -0.15) is 0 Å². The van der Waals surface area contributed by atoms with E-state index in [-0.39, 0.29) is 12.2 Å². The molecule has 0 spiro atoms. The number of ether oxygens (including phenoxy) is 1. The highest BCUT2D eigenvalue weighted by Gasteiger charge is 2.32. The maximum Gasteiger partial charge on any atom is 0.374 e. The molecule has 0 aromatic heterocycles. The lowest BCUT2D eigenvalue weighted by Crippen LogP contribution is -2.23. The smallest absolute Gasteiger partial charge is 0.374 e. The Labute approximate surface area is 69.9 Å². The van der Waals surface area contributed by atoms with Crippen molar-refractivity contribution in [3.05, 3.63) is 0 Å². The van der Waals surface area contributed by atoms with Gasteiger partial charge in [-0.05, 0) is 6.42 Å². The normalized spacial score (nSPS) is 22.4. The van der Waals surface area contributed by atoms with Gasteiger partial charge in [0, 0.05) is 18.8 Å². The third kappa shape index (κ3) is 1.69. The number of rotatable bonds is 2. The van der Waals surface area contributed by atoms with Crippen LogP contribution in [0, 0.1) is 5.92 Å². The van der Waals surface area contributed by atoms with E-state index in [9.17, 15) is 14.4 Å². The highest BCUT2D eigenvalue weighted by Crippen LogP contribution is 2.22. The summed E-state index contributed by atoms with van der Waals surface area (Å²) >= 11 is 0. The molecule has 4 nitrogen and oxygen atoms in total. The summed E-state index contributed by atoms with van der Waals surface area (Å²) in [5, 5.41) is 0. The Balaban J connectivity index is 2.54. The lowest BCUT2D eigenvalue weighted by molar-refractivity contribution is -0.153. The average Bonchev–Trinajstić information content (AvgIpc) is 2.49. The van der Waals surface area contributed by atoms with Crippen LogP contribution < -0.4 is 0 Å². The summed E-state index contributed by atoms with van der Waals surface area (Å²) in [4.78, 5) is 32.6. The van der Waals surface area contributed by atoms with E-state index < -0.39 is 17.7 Å². The fourth-order valence-corrected chi connectivity index (χ4v) is 1.31. The maximum absolute atomic E-state index is 11.1. The molecule has 0 radical (unpaired) electrons. The van der Waals surface area contributed by atoms with Crippen molar-refractivity contribution >= 4 is 17.5 Å². The second kappa shape index (κ2) is 3.47. The molecule has 0 amide bonds. The molecule has 66 valence electrons. The number of hydrogen-bond acceptors (Lipinski definition) is 4. The Morgan fingerprint density at radius 1 is 1.50 bits per heavy atom. The first-order chi connectivity index (χ1) is 5.65. The molecule has 1 rings (SSSR count). The predicted molar refractivity (Wildman–Crippen MR) is 39.4 cm³/mol. The number of ketones is 2. The van der Waals surface area contributed by atoms with E-state index in [1.54, 1.807) is 0 Å². The highest BCUT2D eigenvalue weighted by atomic mass is 16.5. The van der Waals surface area contributed by atoms with Crippen molar-refractivity contribution in [3.63, 3.8) is 0 Å². The molecule has 0 heterocycles. The van der Waals surface area contributed by atoms with Crippen LogP contribution in [0.25, 0.3) is 0 Å². The van der Waals surface area contributed by atoms with Crippen LogP contribution >= 0.6 is 0 Å². The summed E-state index contributed by atoms with van der Waals surface area (Å²) in [6.07, 6.45) is 1.11. The van der Waals surface area contributed by atoms with E-state index in [1.807, 2.05) is 0 Å². The molecule has 0 N–H and O–H groups in total.